The highest BCUT2D eigenvalue weighted by Gasteiger charge is 2.43. The molecule has 120 valence electrons. The predicted molar refractivity (Wildman–Crippen MR) is 57.7 cm³/mol. The molecule has 0 fully saturated rings. The Morgan fingerprint density at radius 1 is 0.810 bits per heavy atom. The van der Waals surface area contributed by atoms with Gasteiger partial charge in [-0.2, -0.15) is 39.5 Å². The SMILES string of the molecule is CCc1c(C(F)(F)F)ccc(C(F)(F)F)c1SC(F)(F)F. The molecule has 0 spiro atoms. The Morgan fingerprint density at radius 3 is 1.57 bits per heavy atom. The van der Waals surface area contributed by atoms with Crippen molar-refractivity contribution in [2.45, 2.75) is 36.1 Å². The molecule has 0 aliphatic rings. The van der Waals surface area contributed by atoms with Gasteiger partial charge in [0.2, 0.25) is 0 Å². The van der Waals surface area contributed by atoms with E-state index in [0.717, 1.165) is 6.92 Å². The van der Waals surface area contributed by atoms with Gasteiger partial charge in [-0.05, 0) is 35.9 Å². The largest absolute Gasteiger partial charge is 0.446 e. The summed E-state index contributed by atoms with van der Waals surface area (Å²) in [6.45, 7) is 1.06. The lowest BCUT2D eigenvalue weighted by Crippen LogP contribution is -2.16. The quantitative estimate of drug-likeness (QED) is 0.476. The van der Waals surface area contributed by atoms with Crippen LogP contribution in [0.25, 0.3) is 0 Å². The van der Waals surface area contributed by atoms with Crippen LogP contribution in [0.4, 0.5) is 39.5 Å². The molecule has 0 heterocycles. The summed E-state index contributed by atoms with van der Waals surface area (Å²) in [5, 5.41) is 0. The second kappa shape index (κ2) is 5.62. The highest BCUT2D eigenvalue weighted by atomic mass is 32.2. The van der Waals surface area contributed by atoms with E-state index in [9.17, 15) is 39.5 Å². The fourth-order valence-electron chi connectivity index (χ4n) is 1.70. The van der Waals surface area contributed by atoms with E-state index >= 15 is 0 Å². The van der Waals surface area contributed by atoms with Gasteiger partial charge in [0, 0.05) is 4.90 Å². The Bertz CT molecular complexity index is 510. The lowest BCUT2D eigenvalue weighted by atomic mass is 10.0. The topological polar surface area (TPSA) is 0 Å². The summed E-state index contributed by atoms with van der Waals surface area (Å²) in [6, 6.07) is 0.179. The maximum atomic E-state index is 12.7. The number of hydrogen-bond donors (Lipinski definition) is 0. The monoisotopic (exact) mass is 342 g/mol. The number of rotatable bonds is 2. The van der Waals surface area contributed by atoms with E-state index in [1.807, 2.05) is 0 Å². The Labute approximate surface area is 117 Å². The highest BCUT2D eigenvalue weighted by Crippen LogP contribution is 2.48. The first kappa shape index (κ1) is 18.0. The van der Waals surface area contributed by atoms with E-state index in [-0.39, 0.29) is 12.1 Å². The molecular formula is C11H7F9S. The van der Waals surface area contributed by atoms with Gasteiger partial charge in [0.15, 0.2) is 0 Å². The van der Waals surface area contributed by atoms with Gasteiger partial charge in [0.05, 0.1) is 11.1 Å². The van der Waals surface area contributed by atoms with E-state index in [1.165, 1.54) is 0 Å². The molecule has 1 aromatic carbocycles. The number of thioether (sulfide) groups is 1. The van der Waals surface area contributed by atoms with Crippen LogP contribution in [0.1, 0.15) is 23.6 Å². The van der Waals surface area contributed by atoms with Crippen molar-refractivity contribution in [3.05, 3.63) is 28.8 Å². The van der Waals surface area contributed by atoms with Crippen LogP contribution >= 0.6 is 11.8 Å². The molecule has 21 heavy (non-hydrogen) atoms. The van der Waals surface area contributed by atoms with E-state index in [2.05, 4.69) is 0 Å². The van der Waals surface area contributed by atoms with Gasteiger partial charge in [-0.25, -0.2) is 0 Å². The van der Waals surface area contributed by atoms with Gasteiger partial charge in [-0.3, -0.25) is 0 Å². The number of benzene rings is 1. The van der Waals surface area contributed by atoms with Crippen LogP contribution in [0.15, 0.2) is 17.0 Å². The Morgan fingerprint density at radius 2 is 1.24 bits per heavy atom. The third-order valence-corrected chi connectivity index (χ3v) is 3.34. The van der Waals surface area contributed by atoms with Crippen molar-refractivity contribution >= 4 is 11.8 Å². The molecule has 0 aliphatic carbocycles. The minimum Gasteiger partial charge on any atom is -0.166 e. The summed E-state index contributed by atoms with van der Waals surface area (Å²) in [7, 11) is 0. The van der Waals surface area contributed by atoms with Crippen molar-refractivity contribution < 1.29 is 39.5 Å². The van der Waals surface area contributed by atoms with Crippen LogP contribution in [-0.4, -0.2) is 5.51 Å². The number of hydrogen-bond acceptors (Lipinski definition) is 1. The zero-order valence-corrected chi connectivity index (χ0v) is 11.0. The van der Waals surface area contributed by atoms with Gasteiger partial charge in [0.1, 0.15) is 0 Å². The fourth-order valence-corrected chi connectivity index (χ4v) is 2.60. The standard InChI is InChI=1S/C11H7F9S/c1-2-5-6(9(12,13)14)3-4-7(10(15,16)17)8(5)21-11(18,19)20/h3-4H,2H2,1H3. The highest BCUT2D eigenvalue weighted by molar-refractivity contribution is 8.00. The summed E-state index contributed by atoms with van der Waals surface area (Å²) in [5.74, 6) is 0. The van der Waals surface area contributed by atoms with Crippen LogP contribution < -0.4 is 0 Å². The normalized spacial score (nSPS) is 13.6. The third kappa shape index (κ3) is 4.45. The van der Waals surface area contributed by atoms with E-state index in [4.69, 9.17) is 0 Å². The van der Waals surface area contributed by atoms with Gasteiger partial charge >= 0.3 is 17.9 Å². The zero-order chi connectivity index (χ0) is 16.6. The minimum absolute atomic E-state index is 0.0239. The summed E-state index contributed by atoms with van der Waals surface area (Å²) in [6.07, 6.45) is -10.8. The maximum absolute atomic E-state index is 12.7. The van der Waals surface area contributed by atoms with Crippen molar-refractivity contribution in [1.82, 2.24) is 0 Å². The molecule has 0 aromatic heterocycles. The zero-order valence-electron chi connectivity index (χ0n) is 10.2. The first-order chi connectivity index (χ1) is 9.27. The summed E-state index contributed by atoms with van der Waals surface area (Å²) < 4.78 is 113. The molecule has 0 radical (unpaired) electrons. The average Bonchev–Trinajstić information content (AvgIpc) is 2.23. The van der Waals surface area contributed by atoms with Crippen molar-refractivity contribution in [2.75, 3.05) is 0 Å². The van der Waals surface area contributed by atoms with Crippen molar-refractivity contribution in [3.8, 4) is 0 Å². The summed E-state index contributed by atoms with van der Waals surface area (Å²) >= 11 is -1.18. The van der Waals surface area contributed by atoms with Crippen LogP contribution in [-0.2, 0) is 18.8 Å². The van der Waals surface area contributed by atoms with Crippen LogP contribution in [0.2, 0.25) is 0 Å². The molecule has 0 atom stereocenters. The molecule has 1 rings (SSSR count). The first-order valence-corrected chi connectivity index (χ1v) is 6.15. The van der Waals surface area contributed by atoms with Crippen LogP contribution in [0, 0.1) is 0 Å². The second-order valence-corrected chi connectivity index (χ2v) is 4.94. The smallest absolute Gasteiger partial charge is 0.166 e. The van der Waals surface area contributed by atoms with Gasteiger partial charge in [-0.1, -0.05) is 6.92 Å². The summed E-state index contributed by atoms with van der Waals surface area (Å²) in [5.41, 5.74) is -9.37. The Kier molecular flexibility index (Phi) is 4.81. The molecule has 0 amide bonds. The molecule has 0 saturated carbocycles. The molecule has 0 nitrogen and oxygen atoms in total. The van der Waals surface area contributed by atoms with Crippen LogP contribution in [0.5, 0.6) is 0 Å². The molecule has 0 bridgehead atoms. The van der Waals surface area contributed by atoms with E-state index < -0.39 is 57.6 Å². The molecular weight excluding hydrogens is 335 g/mol. The lowest BCUT2D eigenvalue weighted by molar-refractivity contribution is -0.143. The maximum Gasteiger partial charge on any atom is 0.446 e. The van der Waals surface area contributed by atoms with Gasteiger partial charge in [-0.15, -0.1) is 0 Å². The molecule has 0 saturated heterocycles. The van der Waals surface area contributed by atoms with Crippen molar-refractivity contribution in [3.63, 3.8) is 0 Å². The van der Waals surface area contributed by atoms with Gasteiger partial charge < -0.3 is 0 Å². The first-order valence-electron chi connectivity index (χ1n) is 5.33. The lowest BCUT2D eigenvalue weighted by Gasteiger charge is -2.21. The molecule has 0 aliphatic heterocycles. The number of alkyl halides is 9. The van der Waals surface area contributed by atoms with Crippen LogP contribution in [0.3, 0.4) is 0 Å². The average molecular weight is 342 g/mol. The molecule has 1 aromatic rings. The molecule has 10 heteroatoms. The summed E-state index contributed by atoms with van der Waals surface area (Å²) in [4.78, 5) is -1.45. The molecule has 0 N–H and O–H groups in total. The van der Waals surface area contributed by atoms with E-state index in [0.29, 0.717) is 0 Å². The number of halogens is 9. The van der Waals surface area contributed by atoms with Crippen molar-refractivity contribution in [1.29, 1.82) is 0 Å². The fraction of sp³-hybridized carbons (Fsp3) is 0.455. The van der Waals surface area contributed by atoms with Gasteiger partial charge in [0.25, 0.3) is 0 Å². The third-order valence-electron chi connectivity index (χ3n) is 2.44. The minimum atomic E-state index is -5.18. The Hall–Kier alpha value is -1.06. The van der Waals surface area contributed by atoms with E-state index in [1.54, 1.807) is 0 Å². The predicted octanol–water partition coefficient (Wildman–Crippen LogP) is 5.90. The van der Waals surface area contributed by atoms with Crippen molar-refractivity contribution in [2.24, 2.45) is 0 Å². The molecule has 0 unspecified atom stereocenters. The second-order valence-electron chi connectivity index (χ2n) is 3.87. The Balaban J connectivity index is 3.65.